The predicted octanol–water partition coefficient (Wildman–Crippen LogP) is 5.56. The Kier molecular flexibility index (Phi) is 5.29. The van der Waals surface area contributed by atoms with Gasteiger partial charge in [0.1, 0.15) is 11.6 Å². The van der Waals surface area contributed by atoms with Crippen molar-refractivity contribution in [3.63, 3.8) is 0 Å². The Morgan fingerprint density at radius 3 is 2.75 bits per heavy atom. The summed E-state index contributed by atoms with van der Waals surface area (Å²) >= 11 is 0. The van der Waals surface area contributed by atoms with Crippen molar-refractivity contribution in [3.05, 3.63) is 89.5 Å². The van der Waals surface area contributed by atoms with Gasteiger partial charge in [0, 0.05) is 30.1 Å². The highest BCUT2D eigenvalue weighted by atomic mass is 19.1. The molecule has 3 aromatic rings. The fourth-order valence-corrected chi connectivity index (χ4v) is 3.45. The van der Waals surface area contributed by atoms with Crippen molar-refractivity contribution in [3.8, 4) is 16.9 Å². The van der Waals surface area contributed by atoms with E-state index in [4.69, 9.17) is 9.73 Å². The summed E-state index contributed by atoms with van der Waals surface area (Å²) in [5, 5.41) is 0. The van der Waals surface area contributed by atoms with Crippen LogP contribution in [0.3, 0.4) is 0 Å². The second-order valence-electron chi connectivity index (χ2n) is 6.72. The minimum absolute atomic E-state index is 0.250. The van der Waals surface area contributed by atoms with E-state index >= 15 is 0 Å². The van der Waals surface area contributed by atoms with Gasteiger partial charge in [-0.2, -0.15) is 0 Å². The number of hydrogen-bond acceptors (Lipinski definition) is 3. The molecule has 1 aromatic heterocycles. The Labute approximate surface area is 164 Å². The van der Waals surface area contributed by atoms with E-state index in [-0.39, 0.29) is 5.82 Å². The zero-order valence-corrected chi connectivity index (χ0v) is 15.7. The number of rotatable bonds is 4. The SMILES string of the molecule is COc1cccc(-c2cc(/C=C3\CCCN=C3c3cccnc3)ccc2F)c1. The smallest absolute Gasteiger partial charge is 0.131 e. The van der Waals surface area contributed by atoms with Gasteiger partial charge >= 0.3 is 0 Å². The van der Waals surface area contributed by atoms with Crippen molar-refractivity contribution in [1.29, 1.82) is 0 Å². The summed E-state index contributed by atoms with van der Waals surface area (Å²) in [5.74, 6) is 0.458. The second-order valence-corrected chi connectivity index (χ2v) is 6.72. The van der Waals surface area contributed by atoms with Gasteiger partial charge < -0.3 is 4.74 Å². The number of methoxy groups -OCH3 is 1. The van der Waals surface area contributed by atoms with Gasteiger partial charge in [-0.3, -0.25) is 9.98 Å². The van der Waals surface area contributed by atoms with Crippen molar-refractivity contribution in [2.24, 2.45) is 4.99 Å². The third kappa shape index (κ3) is 3.86. The standard InChI is InChI=1S/C24H21FN2O/c1-28-21-8-2-5-18(15-21)22-14-17(9-10-23(22)25)13-19-6-4-12-27-24(19)20-7-3-11-26-16-20/h2-3,5,7-11,13-16H,4,6,12H2,1H3/b19-13+. The van der Waals surface area contributed by atoms with Crippen LogP contribution in [0.25, 0.3) is 17.2 Å². The molecule has 0 bridgehead atoms. The Balaban J connectivity index is 1.73. The maximum atomic E-state index is 14.5. The monoisotopic (exact) mass is 372 g/mol. The van der Waals surface area contributed by atoms with Crippen LogP contribution in [0.4, 0.5) is 4.39 Å². The maximum Gasteiger partial charge on any atom is 0.131 e. The highest BCUT2D eigenvalue weighted by molar-refractivity contribution is 6.15. The van der Waals surface area contributed by atoms with Crippen molar-refractivity contribution in [2.45, 2.75) is 12.8 Å². The van der Waals surface area contributed by atoms with Crippen molar-refractivity contribution >= 4 is 11.8 Å². The molecule has 0 spiro atoms. The van der Waals surface area contributed by atoms with E-state index in [0.717, 1.165) is 47.4 Å². The number of aliphatic imine (C=N–C) groups is 1. The van der Waals surface area contributed by atoms with Crippen molar-refractivity contribution in [1.82, 2.24) is 4.98 Å². The summed E-state index contributed by atoms with van der Waals surface area (Å²) in [7, 11) is 1.61. The number of aromatic nitrogens is 1. The van der Waals surface area contributed by atoms with E-state index in [0.29, 0.717) is 11.3 Å². The predicted molar refractivity (Wildman–Crippen MR) is 111 cm³/mol. The summed E-state index contributed by atoms with van der Waals surface area (Å²) in [6.45, 7) is 0.819. The summed E-state index contributed by atoms with van der Waals surface area (Å²) in [6.07, 6.45) is 7.66. The average Bonchev–Trinajstić information content (AvgIpc) is 2.76. The van der Waals surface area contributed by atoms with E-state index in [2.05, 4.69) is 11.1 Å². The summed E-state index contributed by atoms with van der Waals surface area (Å²) in [6, 6.07) is 16.6. The summed E-state index contributed by atoms with van der Waals surface area (Å²) in [4.78, 5) is 8.93. The third-order valence-electron chi connectivity index (χ3n) is 4.83. The highest BCUT2D eigenvalue weighted by Gasteiger charge is 2.15. The average molecular weight is 372 g/mol. The van der Waals surface area contributed by atoms with Crippen LogP contribution in [0.2, 0.25) is 0 Å². The summed E-state index contributed by atoms with van der Waals surface area (Å²) in [5.41, 5.74) is 5.45. The first-order valence-corrected chi connectivity index (χ1v) is 9.34. The lowest BCUT2D eigenvalue weighted by molar-refractivity contribution is 0.415. The third-order valence-corrected chi connectivity index (χ3v) is 4.83. The van der Waals surface area contributed by atoms with Crippen LogP contribution in [-0.4, -0.2) is 24.4 Å². The Bertz CT molecular complexity index is 1040. The van der Waals surface area contributed by atoms with Gasteiger partial charge in [-0.15, -0.1) is 0 Å². The minimum atomic E-state index is -0.250. The van der Waals surface area contributed by atoms with Crippen LogP contribution in [0, 0.1) is 5.82 Å². The molecule has 4 rings (SSSR count). The van der Waals surface area contributed by atoms with Crippen LogP contribution >= 0.6 is 0 Å². The minimum Gasteiger partial charge on any atom is -0.497 e. The molecule has 2 aromatic carbocycles. The lowest BCUT2D eigenvalue weighted by Crippen LogP contribution is -2.11. The number of halogens is 1. The van der Waals surface area contributed by atoms with Crippen LogP contribution in [-0.2, 0) is 0 Å². The van der Waals surface area contributed by atoms with Crippen molar-refractivity contribution < 1.29 is 9.13 Å². The molecule has 1 aliphatic heterocycles. The quantitative estimate of drug-likeness (QED) is 0.601. The molecule has 0 radical (unpaired) electrons. The van der Waals surface area contributed by atoms with Gasteiger partial charge in [-0.05, 0) is 72.0 Å². The fraction of sp³-hybridized carbons (Fsp3) is 0.167. The molecule has 0 unspecified atom stereocenters. The van der Waals surface area contributed by atoms with Gasteiger partial charge in [0.15, 0.2) is 0 Å². The zero-order valence-electron chi connectivity index (χ0n) is 15.7. The van der Waals surface area contributed by atoms with Crippen LogP contribution in [0.15, 0.2) is 77.6 Å². The molecule has 0 aliphatic carbocycles. The topological polar surface area (TPSA) is 34.5 Å². The van der Waals surface area contributed by atoms with E-state index in [9.17, 15) is 4.39 Å². The molecule has 1 aliphatic rings. The van der Waals surface area contributed by atoms with E-state index in [1.54, 1.807) is 13.3 Å². The second kappa shape index (κ2) is 8.17. The van der Waals surface area contributed by atoms with E-state index in [1.165, 1.54) is 6.07 Å². The first kappa shape index (κ1) is 18.1. The molecule has 3 nitrogen and oxygen atoms in total. The molecule has 4 heteroatoms. The number of pyridine rings is 1. The molecule has 0 saturated heterocycles. The largest absolute Gasteiger partial charge is 0.497 e. The molecule has 2 heterocycles. The molecule has 0 amide bonds. The molecular weight excluding hydrogens is 351 g/mol. The molecule has 140 valence electrons. The number of benzene rings is 2. The molecule has 0 saturated carbocycles. The molecule has 28 heavy (non-hydrogen) atoms. The number of hydrogen-bond donors (Lipinski definition) is 0. The van der Waals surface area contributed by atoms with Gasteiger partial charge in [-0.25, -0.2) is 4.39 Å². The highest BCUT2D eigenvalue weighted by Crippen LogP contribution is 2.29. The lowest BCUT2D eigenvalue weighted by atomic mass is 9.94. The molecule has 0 N–H and O–H groups in total. The van der Waals surface area contributed by atoms with Crippen molar-refractivity contribution in [2.75, 3.05) is 13.7 Å². The molecular formula is C24H21FN2O. The van der Waals surface area contributed by atoms with Gasteiger partial charge in [-0.1, -0.05) is 18.2 Å². The fourth-order valence-electron chi connectivity index (χ4n) is 3.45. The van der Waals surface area contributed by atoms with Gasteiger partial charge in [0.25, 0.3) is 0 Å². The van der Waals surface area contributed by atoms with Crippen LogP contribution < -0.4 is 4.74 Å². The zero-order chi connectivity index (χ0) is 19.3. The molecule has 0 atom stereocenters. The Morgan fingerprint density at radius 1 is 1.04 bits per heavy atom. The van der Waals surface area contributed by atoms with Gasteiger partial charge in [0.2, 0.25) is 0 Å². The van der Waals surface area contributed by atoms with Crippen LogP contribution in [0.5, 0.6) is 5.75 Å². The Hall–Kier alpha value is -3.27. The maximum absolute atomic E-state index is 14.5. The number of ether oxygens (including phenoxy) is 1. The normalized spacial score (nSPS) is 15.4. The van der Waals surface area contributed by atoms with Crippen LogP contribution in [0.1, 0.15) is 24.0 Å². The lowest BCUT2D eigenvalue weighted by Gasteiger charge is -2.16. The summed E-state index contributed by atoms with van der Waals surface area (Å²) < 4.78 is 19.8. The van der Waals surface area contributed by atoms with E-state index < -0.39 is 0 Å². The Morgan fingerprint density at radius 2 is 1.93 bits per heavy atom. The first-order chi connectivity index (χ1) is 13.7. The molecule has 0 fully saturated rings. The first-order valence-electron chi connectivity index (χ1n) is 9.34. The number of allylic oxidation sites excluding steroid dienone is 1. The van der Waals surface area contributed by atoms with E-state index in [1.807, 2.05) is 54.7 Å². The number of nitrogens with zero attached hydrogens (tertiary/aromatic N) is 2. The van der Waals surface area contributed by atoms with Gasteiger partial charge in [0.05, 0.1) is 12.8 Å².